The van der Waals surface area contributed by atoms with Crippen LogP contribution in [0.2, 0.25) is 0 Å². The summed E-state index contributed by atoms with van der Waals surface area (Å²) in [5.74, 6) is -0.487. The van der Waals surface area contributed by atoms with Crippen LogP contribution in [0, 0.1) is 0 Å². The van der Waals surface area contributed by atoms with Gasteiger partial charge in [0, 0.05) is 62.7 Å². The van der Waals surface area contributed by atoms with E-state index in [0.717, 1.165) is 28.6 Å². The van der Waals surface area contributed by atoms with Crippen LogP contribution in [0.4, 0.5) is 0 Å². The predicted molar refractivity (Wildman–Crippen MR) is 169 cm³/mol. The van der Waals surface area contributed by atoms with E-state index >= 15 is 0 Å². The largest absolute Gasteiger partial charge is 0.472 e. The third-order valence-electron chi connectivity index (χ3n) is 8.26. The van der Waals surface area contributed by atoms with Crippen molar-refractivity contribution in [2.75, 3.05) is 7.11 Å². The molecule has 5 aromatic carbocycles. The predicted octanol–water partition coefficient (Wildman–Crippen LogP) is 8.03. The highest BCUT2D eigenvalue weighted by molar-refractivity contribution is 6.10. The molecule has 6 heteroatoms. The fourth-order valence-corrected chi connectivity index (χ4v) is 6.40. The van der Waals surface area contributed by atoms with Gasteiger partial charge >= 0.3 is 11.9 Å². The molecular weight excluding hydrogens is 538 g/mol. The average molecular weight is 568 g/mol. The summed E-state index contributed by atoms with van der Waals surface area (Å²) in [4.78, 5) is 25.4. The Morgan fingerprint density at radius 3 is 2.19 bits per heavy atom. The molecule has 2 heterocycles. The molecule has 1 atom stereocenters. The summed E-state index contributed by atoms with van der Waals surface area (Å²) >= 11 is 0. The molecule has 0 N–H and O–H groups in total. The van der Waals surface area contributed by atoms with Gasteiger partial charge in [-0.2, -0.15) is 0 Å². The smallest absolute Gasteiger partial charge is 0.342 e. The molecule has 0 fully saturated rings. The van der Waals surface area contributed by atoms with E-state index in [0.29, 0.717) is 16.7 Å². The maximum Gasteiger partial charge on any atom is 0.342 e. The Bertz CT molecular complexity index is 2110. The van der Waals surface area contributed by atoms with E-state index in [2.05, 4.69) is 54.0 Å². The number of nitrogens with zero attached hydrogens (tertiary/aromatic N) is 1. The van der Waals surface area contributed by atoms with Crippen molar-refractivity contribution >= 4 is 50.6 Å². The fourth-order valence-electron chi connectivity index (χ4n) is 6.40. The van der Waals surface area contributed by atoms with E-state index in [4.69, 9.17) is 14.2 Å². The minimum atomic E-state index is -1.02. The van der Waals surface area contributed by atoms with Gasteiger partial charge in [-0.25, -0.2) is 4.79 Å². The molecule has 1 aromatic heterocycles. The van der Waals surface area contributed by atoms with E-state index in [1.165, 1.54) is 30.3 Å². The molecule has 1 unspecified atom stereocenters. The summed E-state index contributed by atoms with van der Waals surface area (Å²) in [5.41, 5.74) is 3.80. The van der Waals surface area contributed by atoms with Crippen LogP contribution in [0.5, 0.6) is 11.5 Å². The van der Waals surface area contributed by atoms with Gasteiger partial charge in [-0.1, -0.05) is 84.9 Å². The van der Waals surface area contributed by atoms with Crippen molar-refractivity contribution in [3.8, 4) is 11.5 Å². The zero-order chi connectivity index (χ0) is 29.7. The zero-order valence-corrected chi connectivity index (χ0v) is 24.1. The number of hydrogen-bond donors (Lipinski definition) is 0. The van der Waals surface area contributed by atoms with Crippen molar-refractivity contribution in [3.05, 3.63) is 125 Å². The summed E-state index contributed by atoms with van der Waals surface area (Å²) in [5, 5.41) is 3.68. The van der Waals surface area contributed by atoms with Gasteiger partial charge < -0.3 is 18.8 Å². The second-order valence-electron chi connectivity index (χ2n) is 10.6. The topological polar surface area (TPSA) is 66.8 Å². The quantitative estimate of drug-likeness (QED) is 0.156. The molecule has 0 radical (unpaired) electrons. The second kappa shape index (κ2) is 10.2. The van der Waals surface area contributed by atoms with E-state index in [1.807, 2.05) is 66.7 Å². The van der Waals surface area contributed by atoms with Crippen molar-refractivity contribution in [1.82, 2.24) is 4.57 Å². The number of aryl methyl sites for hydroxylation is 1. The van der Waals surface area contributed by atoms with Crippen LogP contribution < -0.4 is 9.47 Å². The number of fused-ring (bicyclic) bond motifs is 6. The molecule has 6 nitrogen and oxygen atoms in total. The molecule has 43 heavy (non-hydrogen) atoms. The van der Waals surface area contributed by atoms with Crippen LogP contribution in [0.3, 0.4) is 0 Å². The first-order chi connectivity index (χ1) is 21.0. The van der Waals surface area contributed by atoms with Gasteiger partial charge in [0.25, 0.3) is 0 Å². The van der Waals surface area contributed by atoms with Crippen molar-refractivity contribution in [2.24, 2.45) is 0 Å². The van der Waals surface area contributed by atoms with E-state index < -0.39 is 17.5 Å². The molecule has 6 aromatic rings. The molecule has 0 bridgehead atoms. The second-order valence-corrected chi connectivity index (χ2v) is 10.6. The van der Waals surface area contributed by atoms with Crippen molar-refractivity contribution in [1.29, 1.82) is 0 Å². The Morgan fingerprint density at radius 1 is 0.791 bits per heavy atom. The zero-order valence-electron chi connectivity index (χ0n) is 24.1. The number of hydrogen-bond acceptors (Lipinski definition) is 5. The van der Waals surface area contributed by atoms with Crippen molar-refractivity contribution in [3.63, 3.8) is 0 Å². The monoisotopic (exact) mass is 567 g/mol. The highest BCUT2D eigenvalue weighted by atomic mass is 16.5. The third kappa shape index (κ3) is 4.02. The molecule has 1 aliphatic rings. The minimum Gasteiger partial charge on any atom is -0.472 e. The van der Waals surface area contributed by atoms with Crippen LogP contribution in [0.25, 0.3) is 38.7 Å². The van der Waals surface area contributed by atoms with E-state index in [1.54, 1.807) is 0 Å². The molecule has 0 spiro atoms. The number of carbonyl (C=O) groups excluding carboxylic acids is 2. The normalized spacial score (nSPS) is 15.8. The van der Waals surface area contributed by atoms with Crippen LogP contribution in [-0.4, -0.2) is 23.6 Å². The molecular formula is C37H29NO5. The summed E-state index contributed by atoms with van der Waals surface area (Å²) in [6.07, 6.45) is 3.86. The molecule has 7 rings (SSSR count). The minimum absolute atomic E-state index is 0.144. The summed E-state index contributed by atoms with van der Waals surface area (Å²) in [6.45, 7) is 4.28. The Kier molecular flexibility index (Phi) is 6.28. The number of aromatic nitrogens is 1. The standard InChI is InChI=1S/C37H29NO5/c1-4-38-31-17-11-10-14-26(31)27-19-18-25(22-32(27)38)37(24-12-6-5-7-13-24)21-20-30-33(36(40)41-3)35(42-23(2)39)29-16-9-8-15-28(29)34(30)43-37/h5-22H,4H2,1-3H3. The number of benzene rings is 5. The SMILES string of the molecule is CCn1c2ccccc2c2ccc(C3(c4ccccc4)C=Cc4c(C(=O)OC)c(OC(C)=O)c5ccccc5c4O3)cc21. The lowest BCUT2D eigenvalue weighted by Crippen LogP contribution is -2.35. The lowest BCUT2D eigenvalue weighted by molar-refractivity contribution is -0.131. The van der Waals surface area contributed by atoms with E-state index in [-0.39, 0.29) is 11.3 Å². The maximum atomic E-state index is 13.2. The maximum absolute atomic E-state index is 13.2. The van der Waals surface area contributed by atoms with E-state index in [9.17, 15) is 9.59 Å². The van der Waals surface area contributed by atoms with Gasteiger partial charge in [0.2, 0.25) is 0 Å². The average Bonchev–Trinajstić information content (AvgIpc) is 3.37. The Labute approximate surface area is 248 Å². The third-order valence-corrected chi connectivity index (χ3v) is 8.26. The highest BCUT2D eigenvalue weighted by Gasteiger charge is 2.40. The molecule has 0 saturated carbocycles. The number of ether oxygens (including phenoxy) is 3. The van der Waals surface area contributed by atoms with Crippen LogP contribution in [-0.2, 0) is 21.7 Å². The van der Waals surface area contributed by atoms with Gasteiger partial charge in [-0.15, -0.1) is 0 Å². The summed E-state index contributed by atoms with van der Waals surface area (Å²) in [7, 11) is 1.31. The van der Waals surface area contributed by atoms with Gasteiger partial charge in [-0.3, -0.25) is 4.79 Å². The van der Waals surface area contributed by atoms with Crippen molar-refractivity contribution < 1.29 is 23.8 Å². The Hall–Kier alpha value is -5.36. The van der Waals surface area contributed by atoms with Gasteiger partial charge in [-0.05, 0) is 31.2 Å². The lowest BCUT2D eigenvalue weighted by Gasteiger charge is -2.37. The first-order valence-corrected chi connectivity index (χ1v) is 14.3. The molecule has 0 saturated heterocycles. The summed E-state index contributed by atoms with van der Waals surface area (Å²) in [6, 6.07) is 32.5. The van der Waals surface area contributed by atoms with Gasteiger partial charge in [0.15, 0.2) is 11.4 Å². The highest BCUT2D eigenvalue weighted by Crippen LogP contribution is 2.50. The first-order valence-electron chi connectivity index (χ1n) is 14.3. The molecule has 212 valence electrons. The molecule has 1 aliphatic heterocycles. The van der Waals surface area contributed by atoms with Crippen molar-refractivity contribution in [2.45, 2.75) is 26.0 Å². The number of methoxy groups -OCH3 is 1. The molecule has 0 aliphatic carbocycles. The number of carbonyl (C=O) groups is 2. The lowest BCUT2D eigenvalue weighted by atomic mass is 9.82. The molecule has 0 amide bonds. The van der Waals surface area contributed by atoms with Gasteiger partial charge in [0.05, 0.1) is 7.11 Å². The fraction of sp³-hybridized carbons (Fsp3) is 0.135. The summed E-state index contributed by atoms with van der Waals surface area (Å²) < 4.78 is 20.3. The van der Waals surface area contributed by atoms with Crippen LogP contribution in [0.1, 0.15) is 40.9 Å². The number of para-hydroxylation sites is 1. The first kappa shape index (κ1) is 26.5. The van der Waals surface area contributed by atoms with Crippen LogP contribution in [0.15, 0.2) is 103 Å². The van der Waals surface area contributed by atoms with Crippen LogP contribution >= 0.6 is 0 Å². The Balaban J connectivity index is 1.54. The number of rotatable bonds is 5. The number of esters is 2. The Morgan fingerprint density at radius 2 is 1.47 bits per heavy atom. The van der Waals surface area contributed by atoms with Gasteiger partial charge in [0.1, 0.15) is 11.3 Å².